The average molecular weight is 355 g/mol. The molecule has 0 aliphatic heterocycles. The van der Waals surface area contributed by atoms with E-state index in [1.807, 2.05) is 62.4 Å². The fourth-order valence-electron chi connectivity index (χ4n) is 2.50. The second-order valence-corrected chi connectivity index (χ2v) is 6.53. The summed E-state index contributed by atoms with van der Waals surface area (Å²) >= 11 is 5.95. The molecule has 1 heterocycles. The van der Waals surface area contributed by atoms with Gasteiger partial charge in [-0.25, -0.2) is 4.98 Å². The Balaban J connectivity index is 2.05. The van der Waals surface area contributed by atoms with Gasteiger partial charge in [0.05, 0.1) is 18.3 Å². The number of rotatable bonds is 4. The standard InChI is InChI=1S/C20H19ClN2O2/c1-12(2)20(24)22-15-8-9-17-16(10-15)19(25-3)11-18(23-17)13-4-6-14(21)7-5-13/h4-12H,1-3H3,(H,22,24). The van der Waals surface area contributed by atoms with E-state index in [0.717, 1.165) is 27.8 Å². The highest BCUT2D eigenvalue weighted by molar-refractivity contribution is 6.30. The van der Waals surface area contributed by atoms with Gasteiger partial charge in [0, 0.05) is 33.6 Å². The van der Waals surface area contributed by atoms with E-state index in [1.54, 1.807) is 7.11 Å². The number of aromatic nitrogens is 1. The third kappa shape index (κ3) is 3.74. The van der Waals surface area contributed by atoms with Crippen molar-refractivity contribution < 1.29 is 9.53 Å². The van der Waals surface area contributed by atoms with E-state index in [9.17, 15) is 4.79 Å². The predicted octanol–water partition coefficient (Wildman–Crippen LogP) is 5.16. The smallest absolute Gasteiger partial charge is 0.226 e. The summed E-state index contributed by atoms with van der Waals surface area (Å²) in [6.45, 7) is 3.72. The van der Waals surface area contributed by atoms with Crippen LogP contribution < -0.4 is 10.1 Å². The van der Waals surface area contributed by atoms with Crippen LogP contribution in [-0.4, -0.2) is 18.0 Å². The quantitative estimate of drug-likeness (QED) is 0.704. The molecule has 3 rings (SSSR count). The lowest BCUT2D eigenvalue weighted by Crippen LogP contribution is -2.17. The molecule has 5 heteroatoms. The summed E-state index contributed by atoms with van der Waals surface area (Å²) in [5, 5.41) is 4.43. The molecule has 0 saturated heterocycles. The second kappa shape index (κ2) is 7.11. The molecule has 2 aromatic carbocycles. The first-order chi connectivity index (χ1) is 12.0. The average Bonchev–Trinajstić information content (AvgIpc) is 2.61. The van der Waals surface area contributed by atoms with E-state index < -0.39 is 0 Å². The predicted molar refractivity (Wildman–Crippen MR) is 102 cm³/mol. The van der Waals surface area contributed by atoms with Crippen LogP contribution >= 0.6 is 11.6 Å². The Bertz CT molecular complexity index is 921. The van der Waals surface area contributed by atoms with Crippen molar-refractivity contribution in [3.05, 3.63) is 53.6 Å². The van der Waals surface area contributed by atoms with Gasteiger partial charge in [-0.05, 0) is 30.3 Å². The largest absolute Gasteiger partial charge is 0.496 e. The van der Waals surface area contributed by atoms with E-state index in [2.05, 4.69) is 5.32 Å². The summed E-state index contributed by atoms with van der Waals surface area (Å²) in [7, 11) is 1.62. The van der Waals surface area contributed by atoms with Gasteiger partial charge < -0.3 is 10.1 Å². The number of nitrogens with one attached hydrogen (secondary N) is 1. The second-order valence-electron chi connectivity index (χ2n) is 6.09. The lowest BCUT2D eigenvalue weighted by molar-refractivity contribution is -0.118. The molecule has 0 spiro atoms. The van der Waals surface area contributed by atoms with Crippen LogP contribution in [0.5, 0.6) is 5.75 Å². The Labute approximate surface area is 151 Å². The maximum absolute atomic E-state index is 11.9. The zero-order chi connectivity index (χ0) is 18.0. The minimum atomic E-state index is -0.0806. The van der Waals surface area contributed by atoms with E-state index in [0.29, 0.717) is 10.8 Å². The van der Waals surface area contributed by atoms with Gasteiger partial charge in [0.25, 0.3) is 0 Å². The molecule has 0 atom stereocenters. The van der Waals surface area contributed by atoms with Gasteiger partial charge in [0.15, 0.2) is 0 Å². The van der Waals surface area contributed by atoms with Crippen molar-refractivity contribution in [2.24, 2.45) is 5.92 Å². The number of hydrogen-bond acceptors (Lipinski definition) is 3. The van der Waals surface area contributed by atoms with Crippen LogP contribution in [0.25, 0.3) is 22.2 Å². The minimum Gasteiger partial charge on any atom is -0.496 e. The highest BCUT2D eigenvalue weighted by atomic mass is 35.5. The molecule has 0 unspecified atom stereocenters. The van der Waals surface area contributed by atoms with Crippen molar-refractivity contribution in [2.45, 2.75) is 13.8 Å². The van der Waals surface area contributed by atoms with Crippen molar-refractivity contribution >= 4 is 34.1 Å². The lowest BCUT2D eigenvalue weighted by atomic mass is 10.1. The van der Waals surface area contributed by atoms with Crippen molar-refractivity contribution in [3.63, 3.8) is 0 Å². The molecular weight excluding hydrogens is 336 g/mol. The number of pyridine rings is 1. The molecule has 0 radical (unpaired) electrons. The van der Waals surface area contributed by atoms with Crippen molar-refractivity contribution in [1.82, 2.24) is 4.98 Å². The highest BCUT2D eigenvalue weighted by Gasteiger charge is 2.11. The van der Waals surface area contributed by atoms with Gasteiger partial charge in [-0.3, -0.25) is 4.79 Å². The van der Waals surface area contributed by atoms with Crippen LogP contribution in [0.15, 0.2) is 48.5 Å². The molecule has 0 saturated carbocycles. The van der Waals surface area contributed by atoms with Gasteiger partial charge >= 0.3 is 0 Å². The summed E-state index contributed by atoms with van der Waals surface area (Å²) in [6.07, 6.45) is 0. The molecule has 128 valence electrons. The number of ether oxygens (including phenoxy) is 1. The molecule has 25 heavy (non-hydrogen) atoms. The molecule has 1 aromatic heterocycles. The fraction of sp³-hybridized carbons (Fsp3) is 0.200. The third-order valence-corrected chi connectivity index (χ3v) is 4.17. The summed E-state index contributed by atoms with van der Waals surface area (Å²) in [4.78, 5) is 16.6. The van der Waals surface area contributed by atoms with Crippen LogP contribution in [0.1, 0.15) is 13.8 Å². The maximum Gasteiger partial charge on any atom is 0.226 e. The number of benzene rings is 2. The monoisotopic (exact) mass is 354 g/mol. The molecule has 1 N–H and O–H groups in total. The van der Waals surface area contributed by atoms with E-state index in [-0.39, 0.29) is 11.8 Å². The first kappa shape index (κ1) is 17.2. The van der Waals surface area contributed by atoms with Crippen LogP contribution in [0, 0.1) is 5.92 Å². The Kier molecular flexibility index (Phi) is 4.91. The Morgan fingerprint density at radius 2 is 1.84 bits per heavy atom. The van der Waals surface area contributed by atoms with Crippen LogP contribution in [0.3, 0.4) is 0 Å². The molecule has 0 fully saturated rings. The van der Waals surface area contributed by atoms with Crippen LogP contribution in [-0.2, 0) is 4.79 Å². The first-order valence-electron chi connectivity index (χ1n) is 8.03. The van der Waals surface area contributed by atoms with E-state index >= 15 is 0 Å². The van der Waals surface area contributed by atoms with E-state index in [4.69, 9.17) is 21.3 Å². The molecule has 0 aliphatic carbocycles. The Morgan fingerprint density at radius 3 is 2.48 bits per heavy atom. The third-order valence-electron chi connectivity index (χ3n) is 3.92. The Morgan fingerprint density at radius 1 is 1.12 bits per heavy atom. The topological polar surface area (TPSA) is 51.2 Å². The number of fused-ring (bicyclic) bond motifs is 1. The first-order valence-corrected chi connectivity index (χ1v) is 8.41. The number of anilines is 1. The van der Waals surface area contributed by atoms with Crippen molar-refractivity contribution in [1.29, 1.82) is 0 Å². The number of carbonyl (C=O) groups is 1. The number of methoxy groups -OCH3 is 1. The van der Waals surface area contributed by atoms with Gasteiger partial charge in [0.2, 0.25) is 5.91 Å². The van der Waals surface area contributed by atoms with Gasteiger partial charge in [-0.2, -0.15) is 0 Å². The summed E-state index contributed by atoms with van der Waals surface area (Å²) in [6, 6.07) is 15.0. The molecule has 0 aliphatic rings. The molecular formula is C20H19ClN2O2. The summed E-state index contributed by atoms with van der Waals surface area (Å²) < 4.78 is 5.54. The Hall–Kier alpha value is -2.59. The number of nitrogens with zero attached hydrogens (tertiary/aromatic N) is 1. The van der Waals surface area contributed by atoms with Gasteiger partial charge in [0.1, 0.15) is 5.75 Å². The molecule has 3 aromatic rings. The highest BCUT2D eigenvalue weighted by Crippen LogP contribution is 2.32. The zero-order valence-corrected chi connectivity index (χ0v) is 15.1. The lowest BCUT2D eigenvalue weighted by Gasteiger charge is -2.12. The van der Waals surface area contributed by atoms with Crippen LogP contribution in [0.2, 0.25) is 5.02 Å². The SMILES string of the molecule is COc1cc(-c2ccc(Cl)cc2)nc2ccc(NC(=O)C(C)C)cc12. The maximum atomic E-state index is 11.9. The zero-order valence-electron chi connectivity index (χ0n) is 14.3. The molecule has 0 bridgehead atoms. The van der Waals surface area contributed by atoms with Gasteiger partial charge in [-0.1, -0.05) is 37.6 Å². The van der Waals surface area contributed by atoms with E-state index in [1.165, 1.54) is 0 Å². The summed E-state index contributed by atoms with van der Waals surface area (Å²) in [5.41, 5.74) is 3.29. The molecule has 1 amide bonds. The fourth-order valence-corrected chi connectivity index (χ4v) is 2.62. The van der Waals surface area contributed by atoms with Crippen LogP contribution in [0.4, 0.5) is 5.69 Å². The summed E-state index contributed by atoms with van der Waals surface area (Å²) in [5.74, 6) is 0.600. The molecule has 4 nitrogen and oxygen atoms in total. The minimum absolute atomic E-state index is 0.0240. The van der Waals surface area contributed by atoms with Crippen molar-refractivity contribution in [2.75, 3.05) is 12.4 Å². The van der Waals surface area contributed by atoms with Gasteiger partial charge in [-0.15, -0.1) is 0 Å². The number of amides is 1. The number of hydrogen-bond donors (Lipinski definition) is 1. The van der Waals surface area contributed by atoms with Crippen molar-refractivity contribution in [3.8, 4) is 17.0 Å². The number of halogens is 1. The number of carbonyl (C=O) groups excluding carboxylic acids is 1. The normalized spacial score (nSPS) is 10.9.